The molecule has 1 unspecified atom stereocenters. The fraction of sp³-hybridized carbons (Fsp3) is 0.231. The van der Waals surface area contributed by atoms with Gasteiger partial charge in [0, 0.05) is 24.4 Å². The van der Waals surface area contributed by atoms with Crippen molar-refractivity contribution in [2.75, 3.05) is 0 Å². The van der Waals surface area contributed by atoms with Crippen molar-refractivity contribution in [2.45, 2.75) is 19.1 Å². The molecule has 2 heterocycles. The zero-order valence-corrected chi connectivity index (χ0v) is 9.21. The first-order valence-corrected chi connectivity index (χ1v) is 5.53. The quantitative estimate of drug-likeness (QED) is 0.849. The van der Waals surface area contributed by atoms with Crippen molar-refractivity contribution in [1.82, 2.24) is 9.97 Å². The molecule has 0 fully saturated rings. The molecule has 0 spiro atoms. The van der Waals surface area contributed by atoms with Crippen molar-refractivity contribution in [3.63, 3.8) is 0 Å². The Morgan fingerprint density at radius 2 is 2.00 bits per heavy atom. The number of benzene rings is 1. The van der Waals surface area contributed by atoms with Gasteiger partial charge in [-0.2, -0.15) is 0 Å². The summed E-state index contributed by atoms with van der Waals surface area (Å²) in [5.74, 6) is 1.57. The largest absolute Gasteiger partial charge is 0.482 e. The first kappa shape index (κ1) is 10.2. The number of hydrogen-bond acceptors (Lipinski definition) is 4. The molecular formula is C13H12N2O2. The molecule has 4 nitrogen and oxygen atoms in total. The maximum Gasteiger partial charge on any atom is 0.169 e. The summed E-state index contributed by atoms with van der Waals surface area (Å²) in [7, 11) is 0. The third-order valence-electron chi connectivity index (χ3n) is 2.84. The van der Waals surface area contributed by atoms with Gasteiger partial charge in [0.05, 0.1) is 6.61 Å². The second-order valence-corrected chi connectivity index (χ2v) is 4.03. The van der Waals surface area contributed by atoms with Crippen LogP contribution >= 0.6 is 0 Å². The maximum atomic E-state index is 8.92. The zero-order valence-electron chi connectivity index (χ0n) is 9.21. The first-order valence-electron chi connectivity index (χ1n) is 5.53. The highest BCUT2D eigenvalue weighted by Crippen LogP contribution is 2.34. The number of ether oxygens (including phenoxy) is 1. The van der Waals surface area contributed by atoms with Crippen molar-refractivity contribution >= 4 is 0 Å². The van der Waals surface area contributed by atoms with Gasteiger partial charge in [0.1, 0.15) is 5.75 Å². The Labute approximate surface area is 98.9 Å². The maximum absolute atomic E-state index is 8.92. The topological polar surface area (TPSA) is 55.2 Å². The van der Waals surface area contributed by atoms with Gasteiger partial charge >= 0.3 is 0 Å². The van der Waals surface area contributed by atoms with E-state index in [-0.39, 0.29) is 12.7 Å². The lowest BCUT2D eigenvalue weighted by atomic mass is 10.1. The predicted molar refractivity (Wildman–Crippen MR) is 61.5 cm³/mol. The van der Waals surface area contributed by atoms with E-state index in [2.05, 4.69) is 16.0 Å². The molecule has 2 aromatic rings. The van der Waals surface area contributed by atoms with E-state index < -0.39 is 0 Å². The van der Waals surface area contributed by atoms with Gasteiger partial charge in [-0.05, 0) is 11.6 Å². The van der Waals surface area contributed by atoms with Crippen molar-refractivity contribution in [3.05, 3.63) is 53.6 Å². The number of para-hydroxylation sites is 1. The van der Waals surface area contributed by atoms with Crippen molar-refractivity contribution in [2.24, 2.45) is 0 Å². The number of nitrogens with zero attached hydrogens (tertiary/aromatic N) is 2. The molecule has 0 saturated heterocycles. The summed E-state index contributed by atoms with van der Waals surface area (Å²) in [6, 6.07) is 7.96. The Morgan fingerprint density at radius 1 is 1.24 bits per heavy atom. The Bertz CT molecular complexity index is 500. The molecule has 86 valence electrons. The molecule has 1 N–H and O–H groups in total. The summed E-state index contributed by atoms with van der Waals surface area (Å²) in [5.41, 5.74) is 1.90. The van der Waals surface area contributed by atoms with Gasteiger partial charge in [0.2, 0.25) is 0 Å². The van der Waals surface area contributed by atoms with E-state index in [4.69, 9.17) is 9.84 Å². The first-order chi connectivity index (χ1) is 8.36. The Balaban J connectivity index is 1.83. The molecule has 0 radical (unpaired) electrons. The van der Waals surface area contributed by atoms with Crippen LogP contribution in [0.25, 0.3) is 0 Å². The van der Waals surface area contributed by atoms with E-state index in [0.29, 0.717) is 11.4 Å². The van der Waals surface area contributed by atoms with E-state index in [9.17, 15) is 0 Å². The van der Waals surface area contributed by atoms with Crippen molar-refractivity contribution in [3.8, 4) is 5.75 Å². The van der Waals surface area contributed by atoms with Crippen LogP contribution in [0.1, 0.15) is 23.1 Å². The van der Waals surface area contributed by atoms with Gasteiger partial charge in [0.15, 0.2) is 11.9 Å². The van der Waals surface area contributed by atoms with Crippen LogP contribution in [-0.4, -0.2) is 15.1 Å². The lowest BCUT2D eigenvalue weighted by Crippen LogP contribution is -2.08. The van der Waals surface area contributed by atoms with Crippen molar-refractivity contribution in [1.29, 1.82) is 0 Å². The SMILES string of the molecule is OCc1cnc(C2Cc3ccccc3O2)nc1. The monoisotopic (exact) mass is 228 g/mol. The van der Waals surface area contributed by atoms with Crippen LogP contribution in [0.3, 0.4) is 0 Å². The van der Waals surface area contributed by atoms with Crippen LogP contribution in [0, 0.1) is 0 Å². The van der Waals surface area contributed by atoms with Crippen LogP contribution in [0.15, 0.2) is 36.7 Å². The summed E-state index contributed by atoms with van der Waals surface area (Å²) >= 11 is 0. The molecule has 1 aromatic heterocycles. The standard InChI is InChI=1S/C13H12N2O2/c16-8-9-6-14-13(15-7-9)12-5-10-3-1-2-4-11(10)17-12/h1-4,6-7,12,16H,5,8H2. The van der Waals surface area contributed by atoms with Crippen LogP contribution in [0.5, 0.6) is 5.75 Å². The molecule has 17 heavy (non-hydrogen) atoms. The van der Waals surface area contributed by atoms with Gasteiger partial charge in [-0.3, -0.25) is 0 Å². The summed E-state index contributed by atoms with van der Waals surface area (Å²) in [5, 5.41) is 8.92. The van der Waals surface area contributed by atoms with E-state index in [1.807, 2.05) is 18.2 Å². The molecule has 3 rings (SSSR count). The summed E-state index contributed by atoms with van der Waals surface area (Å²) in [6.45, 7) is -0.0357. The number of fused-ring (bicyclic) bond motifs is 1. The van der Waals surface area contributed by atoms with Crippen molar-refractivity contribution < 1.29 is 9.84 Å². The molecule has 1 aliphatic heterocycles. The molecule has 0 saturated carbocycles. The normalized spacial score (nSPS) is 17.6. The smallest absolute Gasteiger partial charge is 0.169 e. The van der Waals surface area contributed by atoms with Gasteiger partial charge < -0.3 is 9.84 Å². The lowest BCUT2D eigenvalue weighted by molar-refractivity contribution is 0.226. The molecule has 1 atom stereocenters. The number of aliphatic hydroxyl groups is 1. The van der Waals surface area contributed by atoms with E-state index in [0.717, 1.165) is 12.2 Å². The Morgan fingerprint density at radius 3 is 2.71 bits per heavy atom. The highest BCUT2D eigenvalue weighted by molar-refractivity contribution is 5.38. The van der Waals surface area contributed by atoms with E-state index >= 15 is 0 Å². The highest BCUT2D eigenvalue weighted by atomic mass is 16.5. The molecule has 4 heteroatoms. The number of rotatable bonds is 2. The fourth-order valence-electron chi connectivity index (χ4n) is 1.94. The van der Waals surface area contributed by atoms with Gasteiger partial charge in [-0.15, -0.1) is 0 Å². The number of aliphatic hydroxyl groups excluding tert-OH is 1. The molecule has 1 aromatic carbocycles. The van der Waals surface area contributed by atoms with E-state index in [1.54, 1.807) is 12.4 Å². The molecule has 0 bridgehead atoms. The number of hydrogen-bond donors (Lipinski definition) is 1. The summed E-state index contributed by atoms with van der Waals surface area (Å²) in [6.07, 6.45) is 3.96. The Kier molecular flexibility index (Phi) is 2.49. The average Bonchev–Trinajstić information content (AvgIpc) is 2.82. The van der Waals surface area contributed by atoms with Crippen LogP contribution in [0.4, 0.5) is 0 Å². The second-order valence-electron chi connectivity index (χ2n) is 4.03. The van der Waals surface area contributed by atoms with Crippen LogP contribution in [-0.2, 0) is 13.0 Å². The highest BCUT2D eigenvalue weighted by Gasteiger charge is 2.25. The van der Waals surface area contributed by atoms with E-state index in [1.165, 1.54) is 5.56 Å². The summed E-state index contributed by atoms with van der Waals surface area (Å²) in [4.78, 5) is 8.44. The van der Waals surface area contributed by atoms with Gasteiger partial charge in [-0.1, -0.05) is 18.2 Å². The lowest BCUT2D eigenvalue weighted by Gasteiger charge is -2.08. The number of aromatic nitrogens is 2. The Hall–Kier alpha value is -1.94. The van der Waals surface area contributed by atoms with Gasteiger partial charge in [-0.25, -0.2) is 9.97 Å². The third-order valence-corrected chi connectivity index (χ3v) is 2.84. The minimum atomic E-state index is -0.111. The average molecular weight is 228 g/mol. The predicted octanol–water partition coefficient (Wildman–Crippen LogP) is 1.65. The van der Waals surface area contributed by atoms with Gasteiger partial charge in [0.25, 0.3) is 0 Å². The molecule has 0 amide bonds. The fourth-order valence-corrected chi connectivity index (χ4v) is 1.94. The minimum Gasteiger partial charge on any atom is -0.482 e. The minimum absolute atomic E-state index is 0.0357. The molecule has 0 aliphatic carbocycles. The van der Waals surface area contributed by atoms with Crippen LogP contribution < -0.4 is 4.74 Å². The van der Waals surface area contributed by atoms with Crippen LogP contribution in [0.2, 0.25) is 0 Å². The molecule has 1 aliphatic rings. The summed E-state index contributed by atoms with van der Waals surface area (Å²) < 4.78 is 5.78. The zero-order chi connectivity index (χ0) is 11.7. The second kappa shape index (κ2) is 4.14. The third kappa shape index (κ3) is 1.87. The molecular weight excluding hydrogens is 216 g/mol.